The number of carbonyl (C=O) groups is 1. The van der Waals surface area contributed by atoms with Gasteiger partial charge < -0.3 is 14.6 Å². The van der Waals surface area contributed by atoms with Crippen molar-refractivity contribution in [2.75, 3.05) is 13.7 Å². The van der Waals surface area contributed by atoms with Crippen molar-refractivity contribution in [3.8, 4) is 5.75 Å². The maximum Gasteiger partial charge on any atom is 0.241 e. The number of fused-ring (bicyclic) bond motifs is 2. The highest BCUT2D eigenvalue weighted by Gasteiger charge is 2.35. The summed E-state index contributed by atoms with van der Waals surface area (Å²) in [5, 5.41) is 3.28. The van der Waals surface area contributed by atoms with E-state index in [9.17, 15) is 13.2 Å². The van der Waals surface area contributed by atoms with Crippen LogP contribution in [0.25, 0.3) is 16.8 Å². The van der Waals surface area contributed by atoms with Gasteiger partial charge in [0.2, 0.25) is 15.9 Å². The zero-order chi connectivity index (χ0) is 23.9. The van der Waals surface area contributed by atoms with Crippen LogP contribution in [0.2, 0.25) is 0 Å². The molecule has 2 heterocycles. The Morgan fingerprint density at radius 3 is 2.69 bits per heavy atom. The molecule has 35 heavy (non-hydrogen) atoms. The molecular weight excluding hydrogens is 488 g/mol. The molecule has 184 valence electrons. The van der Waals surface area contributed by atoms with E-state index in [0.29, 0.717) is 31.8 Å². The van der Waals surface area contributed by atoms with Gasteiger partial charge in [0.05, 0.1) is 18.6 Å². The molecule has 0 saturated carbocycles. The second kappa shape index (κ2) is 9.87. The van der Waals surface area contributed by atoms with E-state index in [1.807, 2.05) is 42.6 Å². The molecule has 5 rings (SSSR count). The maximum absolute atomic E-state index is 13.0. The second-order valence-corrected chi connectivity index (χ2v) is 10.3. The number of nitrogens with one attached hydrogen (secondary N) is 1. The molecule has 0 unspecified atom stereocenters. The number of nitrogens with two attached hydrogens (primary N) is 1. The number of hydrazine groups is 1. The van der Waals surface area contributed by atoms with Gasteiger partial charge in [-0.3, -0.25) is 4.79 Å². The van der Waals surface area contributed by atoms with Gasteiger partial charge in [0.25, 0.3) is 0 Å². The molecule has 3 aromatic rings. The van der Waals surface area contributed by atoms with Crippen LogP contribution in [-0.4, -0.2) is 43.9 Å². The van der Waals surface area contributed by atoms with Gasteiger partial charge >= 0.3 is 0 Å². The lowest BCUT2D eigenvalue weighted by molar-refractivity contribution is -0.129. The number of sulfonamides is 1. The van der Waals surface area contributed by atoms with Gasteiger partial charge in [0.1, 0.15) is 11.8 Å². The fourth-order valence-electron chi connectivity index (χ4n) is 4.45. The Hall–Kier alpha value is -3.11. The summed E-state index contributed by atoms with van der Waals surface area (Å²) in [6, 6.07) is 15.7. The number of ether oxygens (including phenoxy) is 1. The lowest BCUT2D eigenvalue weighted by atomic mass is 10.0. The lowest BCUT2D eigenvalue weighted by Crippen LogP contribution is -2.41. The number of nitrogens with zero attached hydrogens (tertiary/aromatic N) is 2. The van der Waals surface area contributed by atoms with Crippen molar-refractivity contribution in [3.05, 3.63) is 77.5 Å². The van der Waals surface area contributed by atoms with Gasteiger partial charge in [-0.1, -0.05) is 24.3 Å². The van der Waals surface area contributed by atoms with Gasteiger partial charge in [-0.25, -0.2) is 14.3 Å². The molecule has 2 aliphatic rings. The van der Waals surface area contributed by atoms with Gasteiger partial charge in [-0.2, -0.15) is 4.72 Å². The van der Waals surface area contributed by atoms with Crippen molar-refractivity contribution >= 4 is 45.2 Å². The molecule has 8 nitrogen and oxygen atoms in total. The van der Waals surface area contributed by atoms with Crippen LogP contribution in [0.5, 0.6) is 5.75 Å². The molecule has 0 aromatic heterocycles. The van der Waals surface area contributed by atoms with Crippen LogP contribution < -0.4 is 15.3 Å². The zero-order valence-corrected chi connectivity index (χ0v) is 20.8. The van der Waals surface area contributed by atoms with Crippen molar-refractivity contribution in [1.82, 2.24) is 14.6 Å². The quantitative estimate of drug-likeness (QED) is 0.490. The highest BCUT2D eigenvalue weighted by Crippen LogP contribution is 2.25. The van der Waals surface area contributed by atoms with Crippen LogP contribution in [-0.2, 0) is 27.9 Å². The molecule has 1 saturated heterocycles. The Morgan fingerprint density at radius 1 is 1.09 bits per heavy atom. The van der Waals surface area contributed by atoms with Gasteiger partial charge in [0, 0.05) is 19.3 Å². The first kappa shape index (κ1) is 25.0. The fraction of sp³-hybridized carbons (Fsp3) is 0.240. The summed E-state index contributed by atoms with van der Waals surface area (Å²) in [6.45, 7) is 1.56. The molecule has 3 aromatic carbocycles. The number of methoxy groups -OCH3 is 1. The van der Waals surface area contributed by atoms with Crippen LogP contribution >= 0.6 is 12.4 Å². The number of amides is 1. The SMILES string of the molecule is COc1ccc2ccc(S(=O)(=O)N[C@H]3CCN(Cc4ccc5c(c4)C=CN(N)C5)C3=O)cc2c1.Cl. The van der Waals surface area contributed by atoms with E-state index in [4.69, 9.17) is 10.6 Å². The number of hydrogen-bond donors (Lipinski definition) is 2. The first-order valence-corrected chi connectivity index (χ1v) is 12.5. The van der Waals surface area contributed by atoms with Crippen molar-refractivity contribution in [1.29, 1.82) is 0 Å². The molecule has 1 fully saturated rings. The molecule has 1 atom stereocenters. The Labute approximate surface area is 210 Å². The summed E-state index contributed by atoms with van der Waals surface area (Å²) in [7, 11) is -2.30. The molecule has 3 N–H and O–H groups in total. The number of halogens is 1. The molecule has 0 aliphatic carbocycles. The van der Waals surface area contributed by atoms with E-state index >= 15 is 0 Å². The average Bonchev–Trinajstić information content (AvgIpc) is 3.16. The lowest BCUT2D eigenvalue weighted by Gasteiger charge is -2.22. The van der Waals surface area contributed by atoms with Crippen molar-refractivity contribution in [3.63, 3.8) is 0 Å². The number of hydrogen-bond acceptors (Lipinski definition) is 6. The van der Waals surface area contributed by atoms with E-state index in [0.717, 1.165) is 27.5 Å². The Bertz CT molecular complexity index is 1410. The number of benzene rings is 3. The second-order valence-electron chi connectivity index (χ2n) is 8.62. The van der Waals surface area contributed by atoms with Crippen molar-refractivity contribution in [2.45, 2.75) is 30.4 Å². The van der Waals surface area contributed by atoms with Crippen molar-refractivity contribution in [2.24, 2.45) is 5.84 Å². The standard InChI is InChI=1S/C25H26N4O4S.ClH/c1-33-22-6-4-18-5-7-23(14-21(18)13-22)34(31,32)27-24-9-10-28(25(24)30)15-17-2-3-20-16-29(26)11-8-19(20)12-17;/h2-8,11-14,24,27H,9-10,15-16,26H2,1H3;1H/t24-;/m0./s1. The Kier molecular flexibility index (Phi) is 7.05. The molecular formula is C25H27ClN4O4S. The average molecular weight is 515 g/mol. The van der Waals surface area contributed by atoms with Crippen molar-refractivity contribution < 1.29 is 17.9 Å². The topological polar surface area (TPSA) is 105 Å². The fourth-order valence-corrected chi connectivity index (χ4v) is 5.70. The van der Waals surface area contributed by atoms with Crippen LogP contribution in [0.15, 0.2) is 65.7 Å². The molecule has 1 amide bonds. The third-order valence-electron chi connectivity index (χ3n) is 6.31. The zero-order valence-electron chi connectivity index (χ0n) is 19.2. The van der Waals surface area contributed by atoms with Crippen LogP contribution in [0.4, 0.5) is 0 Å². The summed E-state index contributed by atoms with van der Waals surface area (Å²) in [5.74, 6) is 6.25. The highest BCUT2D eigenvalue weighted by molar-refractivity contribution is 7.89. The normalized spacial score (nSPS) is 17.4. The minimum absolute atomic E-state index is 0. The maximum atomic E-state index is 13.0. The summed E-state index contributed by atoms with van der Waals surface area (Å²) in [6.07, 6.45) is 4.19. The summed E-state index contributed by atoms with van der Waals surface area (Å²) in [4.78, 5) is 14.8. The van der Waals surface area contributed by atoms with Gasteiger partial charge in [-0.15, -0.1) is 12.4 Å². The minimum Gasteiger partial charge on any atom is -0.497 e. The van der Waals surface area contributed by atoms with E-state index in [1.54, 1.807) is 41.3 Å². The van der Waals surface area contributed by atoms with Gasteiger partial charge in [-0.05, 0) is 70.3 Å². The molecule has 10 heteroatoms. The monoisotopic (exact) mass is 514 g/mol. The van der Waals surface area contributed by atoms with Crippen LogP contribution in [0.1, 0.15) is 23.1 Å². The smallest absolute Gasteiger partial charge is 0.241 e. The largest absolute Gasteiger partial charge is 0.497 e. The number of carbonyl (C=O) groups excluding carboxylic acids is 1. The van der Waals surface area contributed by atoms with E-state index in [-0.39, 0.29) is 23.2 Å². The molecule has 0 spiro atoms. The van der Waals surface area contributed by atoms with Crippen LogP contribution in [0.3, 0.4) is 0 Å². The Balaban J connectivity index is 0.00000289. The predicted molar refractivity (Wildman–Crippen MR) is 137 cm³/mol. The van der Waals surface area contributed by atoms with E-state index in [1.165, 1.54) is 0 Å². The van der Waals surface area contributed by atoms with Crippen LogP contribution in [0, 0.1) is 0 Å². The predicted octanol–water partition coefficient (Wildman–Crippen LogP) is 3.01. The third-order valence-corrected chi connectivity index (χ3v) is 7.78. The molecule has 0 radical (unpaired) electrons. The van der Waals surface area contributed by atoms with Gasteiger partial charge in [0.15, 0.2) is 0 Å². The highest BCUT2D eigenvalue weighted by atomic mass is 35.5. The van der Waals surface area contributed by atoms with E-state index < -0.39 is 16.1 Å². The summed E-state index contributed by atoms with van der Waals surface area (Å²) < 4.78 is 33.9. The first-order valence-electron chi connectivity index (χ1n) is 11.0. The van der Waals surface area contributed by atoms with E-state index in [2.05, 4.69) is 4.72 Å². The molecule has 0 bridgehead atoms. The minimum atomic E-state index is -3.87. The summed E-state index contributed by atoms with van der Waals surface area (Å²) >= 11 is 0. The number of likely N-dealkylation sites (tertiary alicyclic amines) is 1. The molecule has 2 aliphatic heterocycles. The first-order chi connectivity index (χ1) is 16.3. The third kappa shape index (κ3) is 5.13. The number of rotatable bonds is 6. The summed E-state index contributed by atoms with van der Waals surface area (Å²) in [5.41, 5.74) is 3.20. The Morgan fingerprint density at radius 2 is 1.89 bits per heavy atom.